The van der Waals surface area contributed by atoms with Gasteiger partial charge in [0, 0.05) is 16.2 Å². The molecule has 38 heavy (non-hydrogen) atoms. The number of rotatable bonds is 10. The summed E-state index contributed by atoms with van der Waals surface area (Å²) in [5, 5.41) is 0. The lowest BCUT2D eigenvalue weighted by Crippen LogP contribution is -1.92. The van der Waals surface area contributed by atoms with Gasteiger partial charge in [0.05, 0.1) is 0 Å². The second-order valence-electron chi connectivity index (χ2n) is 9.56. The minimum Gasteiger partial charge on any atom is -0.145 e. The van der Waals surface area contributed by atoms with Crippen molar-refractivity contribution in [1.29, 1.82) is 0 Å². The number of hydrogen-bond acceptors (Lipinski definition) is 1. The molecule has 1 heteroatoms. The van der Waals surface area contributed by atoms with Gasteiger partial charge in [0.25, 0.3) is 0 Å². The fourth-order valence-corrected chi connectivity index (χ4v) is 6.05. The summed E-state index contributed by atoms with van der Waals surface area (Å²) < 4.78 is 0. The maximum Gasteiger partial charge on any atom is 0.00983 e. The molecular weight excluding hydrogens is 476 g/mol. The van der Waals surface area contributed by atoms with Crippen molar-refractivity contribution in [2.75, 3.05) is 0 Å². The molecule has 1 heterocycles. The molecule has 0 spiro atoms. The smallest absolute Gasteiger partial charge is 0.00983 e. The van der Waals surface area contributed by atoms with E-state index in [4.69, 9.17) is 0 Å². The van der Waals surface area contributed by atoms with Crippen molar-refractivity contribution in [3.05, 3.63) is 153 Å². The van der Waals surface area contributed by atoms with E-state index < -0.39 is 0 Å². The molecule has 4 rings (SSSR count). The molecule has 0 atom stereocenters. The van der Waals surface area contributed by atoms with Gasteiger partial charge in [0.15, 0.2) is 0 Å². The summed E-state index contributed by atoms with van der Waals surface area (Å²) in [5.41, 5.74) is 10.7. The normalized spacial score (nSPS) is 13.2. The van der Waals surface area contributed by atoms with Crippen LogP contribution in [0.1, 0.15) is 54.5 Å². The van der Waals surface area contributed by atoms with E-state index in [0.29, 0.717) is 0 Å². The molecule has 0 unspecified atom stereocenters. The molecule has 0 N–H and O–H groups in total. The molecule has 0 nitrogen and oxygen atoms in total. The van der Waals surface area contributed by atoms with Crippen molar-refractivity contribution in [3.8, 4) is 11.1 Å². The van der Waals surface area contributed by atoms with Crippen molar-refractivity contribution in [3.63, 3.8) is 0 Å². The minimum atomic E-state index is 0.941. The van der Waals surface area contributed by atoms with Crippen LogP contribution in [0.15, 0.2) is 133 Å². The molecule has 192 valence electrons. The third-order valence-corrected chi connectivity index (χ3v) is 8.12. The van der Waals surface area contributed by atoms with Gasteiger partial charge in [-0.25, -0.2) is 0 Å². The first-order chi connectivity index (χ1) is 18.6. The van der Waals surface area contributed by atoms with Gasteiger partial charge < -0.3 is 0 Å². The summed E-state index contributed by atoms with van der Waals surface area (Å²) in [6.45, 7) is 8.79. The average molecular weight is 515 g/mol. The maximum atomic E-state index is 2.39. The van der Waals surface area contributed by atoms with E-state index >= 15 is 0 Å². The van der Waals surface area contributed by atoms with Crippen LogP contribution in [-0.2, 0) is 6.42 Å². The van der Waals surface area contributed by atoms with Crippen molar-refractivity contribution in [2.24, 2.45) is 0 Å². The lowest BCUT2D eigenvalue weighted by molar-refractivity contribution is 1.00. The van der Waals surface area contributed by atoms with Gasteiger partial charge >= 0.3 is 0 Å². The highest BCUT2D eigenvalue weighted by atomic mass is 32.1. The van der Waals surface area contributed by atoms with Crippen LogP contribution in [0.4, 0.5) is 0 Å². The van der Waals surface area contributed by atoms with Crippen molar-refractivity contribution >= 4 is 22.5 Å². The zero-order valence-corrected chi connectivity index (χ0v) is 23.9. The summed E-state index contributed by atoms with van der Waals surface area (Å²) in [7, 11) is 0. The Morgan fingerprint density at radius 2 is 1.37 bits per heavy atom. The van der Waals surface area contributed by atoms with Crippen LogP contribution in [0.5, 0.6) is 0 Å². The van der Waals surface area contributed by atoms with E-state index in [1.807, 2.05) is 11.3 Å². The quantitative estimate of drug-likeness (QED) is 0.185. The fourth-order valence-electron chi connectivity index (χ4n) is 4.97. The van der Waals surface area contributed by atoms with Crippen LogP contribution in [0.25, 0.3) is 22.3 Å². The Morgan fingerprint density at radius 3 is 1.97 bits per heavy atom. The van der Waals surface area contributed by atoms with Gasteiger partial charge in [-0.2, -0.15) is 0 Å². The molecule has 0 radical (unpaired) electrons. The Bertz CT molecular complexity index is 1430. The number of thiophene rings is 1. The number of aryl methyl sites for hydroxylation is 1. The van der Waals surface area contributed by atoms with E-state index in [1.54, 1.807) is 0 Å². The van der Waals surface area contributed by atoms with Crippen LogP contribution < -0.4 is 0 Å². The van der Waals surface area contributed by atoms with Crippen LogP contribution in [0, 0.1) is 6.92 Å². The lowest BCUT2D eigenvalue weighted by Gasteiger charge is -2.12. The number of allylic oxidation sites excluding steroid dienone is 8. The molecule has 3 aromatic carbocycles. The molecule has 0 aliphatic carbocycles. The zero-order valence-electron chi connectivity index (χ0n) is 23.1. The van der Waals surface area contributed by atoms with Crippen LogP contribution in [0.3, 0.4) is 0 Å². The summed E-state index contributed by atoms with van der Waals surface area (Å²) in [6, 6.07) is 34.6. The van der Waals surface area contributed by atoms with Crippen LogP contribution >= 0.6 is 11.3 Å². The predicted octanol–water partition coefficient (Wildman–Crippen LogP) is 11.1. The van der Waals surface area contributed by atoms with Crippen LogP contribution in [0.2, 0.25) is 0 Å². The monoisotopic (exact) mass is 514 g/mol. The fraction of sp³-hybridized carbons (Fsp3) is 0.189. The topological polar surface area (TPSA) is 0 Å². The molecule has 0 amide bonds. The van der Waals surface area contributed by atoms with E-state index in [2.05, 4.69) is 149 Å². The molecule has 0 aliphatic heterocycles. The zero-order chi connectivity index (χ0) is 26.7. The Balaban J connectivity index is 1.55. The summed E-state index contributed by atoms with van der Waals surface area (Å²) in [4.78, 5) is 2.79. The van der Waals surface area contributed by atoms with E-state index in [-0.39, 0.29) is 0 Å². The van der Waals surface area contributed by atoms with Gasteiger partial charge in [0.1, 0.15) is 0 Å². The second kappa shape index (κ2) is 13.7. The maximum absolute atomic E-state index is 2.39. The van der Waals surface area contributed by atoms with Gasteiger partial charge in [-0.15, -0.1) is 11.3 Å². The molecule has 0 aliphatic rings. The SMILES string of the molecule is C/C=C(CC/C=C\C(Cc1cc(-c2ccccc2)c(C)s1)=C(/C)c1ccccc1)\C(=C/C)c1ccccc1. The van der Waals surface area contributed by atoms with Crippen LogP contribution in [-0.4, -0.2) is 0 Å². The third kappa shape index (κ3) is 7.00. The summed E-state index contributed by atoms with van der Waals surface area (Å²) >= 11 is 1.92. The second-order valence-corrected chi connectivity index (χ2v) is 10.9. The lowest BCUT2D eigenvalue weighted by atomic mass is 9.93. The Kier molecular flexibility index (Phi) is 9.90. The first-order valence-corrected chi connectivity index (χ1v) is 14.4. The molecule has 0 bridgehead atoms. The summed E-state index contributed by atoms with van der Waals surface area (Å²) in [6.07, 6.45) is 12.2. The van der Waals surface area contributed by atoms with E-state index in [0.717, 1.165) is 19.3 Å². The van der Waals surface area contributed by atoms with Crippen molar-refractivity contribution in [2.45, 2.75) is 47.0 Å². The highest BCUT2D eigenvalue weighted by molar-refractivity contribution is 7.12. The minimum absolute atomic E-state index is 0.941. The number of hydrogen-bond donors (Lipinski definition) is 0. The highest BCUT2D eigenvalue weighted by Gasteiger charge is 2.11. The van der Waals surface area contributed by atoms with Gasteiger partial charge in [-0.1, -0.05) is 115 Å². The largest absolute Gasteiger partial charge is 0.145 e. The van der Waals surface area contributed by atoms with Gasteiger partial charge in [-0.05, 0) is 91.1 Å². The molecule has 0 saturated carbocycles. The first-order valence-electron chi connectivity index (χ1n) is 13.5. The van der Waals surface area contributed by atoms with E-state index in [1.165, 1.54) is 54.3 Å². The third-order valence-electron chi connectivity index (χ3n) is 7.07. The van der Waals surface area contributed by atoms with Crippen molar-refractivity contribution in [1.82, 2.24) is 0 Å². The standard InChI is InChI=1S/C37H38S/c1-5-30(36(6-2)32-21-12-8-13-22-32)18-16-17-25-34(28(3)31-19-10-7-11-20-31)26-35-27-37(29(4)38-35)33-23-14-9-15-24-33/h5-15,17,19-25,27H,16,18,26H2,1-4H3/b25-17-,30-5-,34-28-,36-6+. The van der Waals surface area contributed by atoms with E-state index in [9.17, 15) is 0 Å². The molecule has 4 aromatic rings. The Morgan fingerprint density at radius 1 is 0.763 bits per heavy atom. The number of benzene rings is 3. The Hall–Kier alpha value is -3.68. The van der Waals surface area contributed by atoms with Crippen molar-refractivity contribution < 1.29 is 0 Å². The molecular formula is C37H38S. The predicted molar refractivity (Wildman–Crippen MR) is 169 cm³/mol. The summed E-state index contributed by atoms with van der Waals surface area (Å²) in [5.74, 6) is 0. The van der Waals surface area contributed by atoms with Gasteiger partial charge in [0.2, 0.25) is 0 Å². The average Bonchev–Trinajstić information content (AvgIpc) is 3.34. The molecule has 0 saturated heterocycles. The highest BCUT2D eigenvalue weighted by Crippen LogP contribution is 2.34. The molecule has 0 fully saturated rings. The molecule has 1 aromatic heterocycles. The Labute approximate surface area is 233 Å². The first kappa shape index (κ1) is 27.4. The van der Waals surface area contributed by atoms with Gasteiger partial charge in [-0.3, -0.25) is 0 Å².